The summed E-state index contributed by atoms with van der Waals surface area (Å²) in [7, 11) is 4.42. The third-order valence-corrected chi connectivity index (χ3v) is 0.816. The van der Waals surface area contributed by atoms with E-state index in [0.717, 1.165) is 5.82 Å². The third kappa shape index (κ3) is 4.13. The van der Waals surface area contributed by atoms with Crippen LogP contribution in [0.5, 0.6) is 0 Å². The maximum absolute atomic E-state index is 2.22. The summed E-state index contributed by atoms with van der Waals surface area (Å²) in [6, 6.07) is 0. The minimum Gasteiger partial charge on any atom is -0.0855 e. The Morgan fingerprint density at radius 1 is 1.80 bits per heavy atom. The molecule has 0 amide bonds. The molecule has 0 aromatic rings. The lowest BCUT2D eigenvalue weighted by Gasteiger charge is -1.89. The minimum atomic E-state index is 0.884. The van der Waals surface area contributed by atoms with Gasteiger partial charge in [0.1, 0.15) is 15.7 Å². The van der Waals surface area contributed by atoms with Crippen molar-refractivity contribution in [2.45, 2.75) is 19.1 Å². The fourth-order valence-corrected chi connectivity index (χ4v) is 0. The highest BCUT2D eigenvalue weighted by atomic mass is 13.7. The standard InChI is InChI=1S/C3H10B2/c1-3(5)2-4/h3H,2,4-5H2,1H3/t3-/m1/s1. The molecular weight excluding hydrogens is 57.7 g/mol. The normalized spacial score (nSPS) is 14.6. The second-order valence-corrected chi connectivity index (χ2v) is 1.80. The van der Waals surface area contributed by atoms with Crippen molar-refractivity contribution in [2.24, 2.45) is 0 Å². The molecule has 0 saturated carbocycles. The lowest BCUT2D eigenvalue weighted by Crippen LogP contribution is -1.79. The zero-order valence-corrected chi connectivity index (χ0v) is 4.28. The topological polar surface area (TPSA) is 0 Å². The molecule has 0 nitrogen and oxygen atoms in total. The van der Waals surface area contributed by atoms with Crippen LogP contribution in [0.4, 0.5) is 0 Å². The van der Waals surface area contributed by atoms with Gasteiger partial charge in [-0.3, -0.25) is 0 Å². The highest BCUT2D eigenvalue weighted by Crippen LogP contribution is 1.96. The van der Waals surface area contributed by atoms with Crippen LogP contribution in [0.3, 0.4) is 0 Å². The van der Waals surface area contributed by atoms with Crippen LogP contribution in [0, 0.1) is 0 Å². The Bertz CT molecular complexity index is 18.9. The first-order valence-electron chi connectivity index (χ1n) is 2.27. The Hall–Kier alpha value is 0.130. The van der Waals surface area contributed by atoms with E-state index in [2.05, 4.69) is 22.6 Å². The molecule has 0 heterocycles. The van der Waals surface area contributed by atoms with Gasteiger partial charge in [0.05, 0.1) is 0 Å². The molecule has 0 saturated heterocycles. The van der Waals surface area contributed by atoms with E-state index < -0.39 is 0 Å². The Morgan fingerprint density at radius 2 is 2.00 bits per heavy atom. The maximum Gasteiger partial charge on any atom is 0.104 e. The zero-order valence-electron chi connectivity index (χ0n) is 4.28. The van der Waals surface area contributed by atoms with Crippen LogP contribution < -0.4 is 0 Å². The molecule has 0 aliphatic heterocycles. The van der Waals surface area contributed by atoms with Gasteiger partial charge in [0.2, 0.25) is 0 Å². The van der Waals surface area contributed by atoms with E-state index in [1.165, 1.54) is 6.32 Å². The molecule has 0 N–H and O–H groups in total. The van der Waals surface area contributed by atoms with Crippen molar-refractivity contribution in [3.05, 3.63) is 0 Å². The highest BCUT2D eigenvalue weighted by molar-refractivity contribution is 6.18. The fraction of sp³-hybridized carbons (Fsp3) is 1.00. The van der Waals surface area contributed by atoms with Gasteiger partial charge < -0.3 is 0 Å². The summed E-state index contributed by atoms with van der Waals surface area (Å²) in [6.07, 6.45) is 1.31. The Balaban J connectivity index is 2.54. The minimum absolute atomic E-state index is 0.884. The first kappa shape index (κ1) is 5.13. The van der Waals surface area contributed by atoms with Crippen LogP contribution in [0.1, 0.15) is 6.92 Å². The molecule has 0 aromatic heterocycles. The average Bonchev–Trinajstić information content (AvgIpc) is 1.38. The van der Waals surface area contributed by atoms with E-state index >= 15 is 0 Å². The number of hydrogen-bond acceptors (Lipinski definition) is 0. The Labute approximate surface area is 35.8 Å². The molecule has 0 aromatic carbocycles. The van der Waals surface area contributed by atoms with Crippen molar-refractivity contribution in [2.75, 3.05) is 0 Å². The SMILES string of the molecule is BC[C@H](B)C. The van der Waals surface area contributed by atoms with Gasteiger partial charge in [-0.25, -0.2) is 0 Å². The van der Waals surface area contributed by atoms with Crippen molar-refractivity contribution < 1.29 is 0 Å². The molecule has 0 unspecified atom stereocenters. The highest BCUT2D eigenvalue weighted by Gasteiger charge is 1.81. The first-order chi connectivity index (χ1) is 2.27. The van der Waals surface area contributed by atoms with Crippen LogP contribution in [-0.4, -0.2) is 15.7 Å². The smallest absolute Gasteiger partial charge is 0.0855 e. The largest absolute Gasteiger partial charge is 0.104 e. The summed E-state index contributed by atoms with van der Waals surface area (Å²) >= 11 is 0. The van der Waals surface area contributed by atoms with Gasteiger partial charge in [-0.2, -0.15) is 0 Å². The molecule has 0 aliphatic rings. The van der Waals surface area contributed by atoms with Crippen molar-refractivity contribution in [3.63, 3.8) is 0 Å². The predicted octanol–water partition coefficient (Wildman–Crippen LogP) is -0.521. The molecule has 2 heteroatoms. The molecule has 0 fully saturated rings. The van der Waals surface area contributed by atoms with Gasteiger partial charge in [-0.05, 0) is 0 Å². The Morgan fingerprint density at radius 3 is 2.00 bits per heavy atom. The molecule has 0 spiro atoms. The van der Waals surface area contributed by atoms with Crippen molar-refractivity contribution in [3.8, 4) is 0 Å². The molecule has 1 atom stereocenters. The van der Waals surface area contributed by atoms with E-state index in [4.69, 9.17) is 0 Å². The van der Waals surface area contributed by atoms with Gasteiger partial charge in [0.25, 0.3) is 0 Å². The van der Waals surface area contributed by atoms with Crippen LogP contribution in [-0.2, 0) is 0 Å². The molecule has 5 heavy (non-hydrogen) atoms. The van der Waals surface area contributed by atoms with Crippen LogP contribution >= 0.6 is 0 Å². The quantitative estimate of drug-likeness (QED) is 0.362. The molecule has 0 rings (SSSR count). The number of hydrogen-bond donors (Lipinski definition) is 0. The average molecular weight is 67.7 g/mol. The third-order valence-electron chi connectivity index (χ3n) is 0.816. The monoisotopic (exact) mass is 68.1 g/mol. The Kier molecular flexibility index (Phi) is 2.43. The molecule has 0 bridgehead atoms. The molecular formula is C3H10B2. The van der Waals surface area contributed by atoms with E-state index in [1.54, 1.807) is 0 Å². The zero-order chi connectivity index (χ0) is 4.28. The van der Waals surface area contributed by atoms with Gasteiger partial charge in [-0.1, -0.05) is 19.1 Å². The van der Waals surface area contributed by atoms with E-state index in [-0.39, 0.29) is 0 Å². The van der Waals surface area contributed by atoms with Crippen molar-refractivity contribution in [1.29, 1.82) is 0 Å². The molecule has 28 valence electrons. The number of rotatable bonds is 1. The van der Waals surface area contributed by atoms with Crippen molar-refractivity contribution >= 4 is 15.7 Å². The van der Waals surface area contributed by atoms with Crippen molar-refractivity contribution in [1.82, 2.24) is 0 Å². The summed E-state index contributed by atoms with van der Waals surface area (Å²) in [5.41, 5.74) is 0. The lowest BCUT2D eigenvalue weighted by atomic mass is 9.79. The van der Waals surface area contributed by atoms with Crippen LogP contribution in [0.25, 0.3) is 0 Å². The molecule has 0 aliphatic carbocycles. The van der Waals surface area contributed by atoms with Crippen LogP contribution in [0.2, 0.25) is 12.1 Å². The molecule has 0 radical (unpaired) electrons. The lowest BCUT2D eigenvalue weighted by molar-refractivity contribution is 1.07. The fourth-order valence-electron chi connectivity index (χ4n) is 0. The van der Waals surface area contributed by atoms with E-state index in [0.29, 0.717) is 0 Å². The second-order valence-electron chi connectivity index (χ2n) is 1.80. The van der Waals surface area contributed by atoms with E-state index in [9.17, 15) is 0 Å². The van der Waals surface area contributed by atoms with Crippen LogP contribution in [0.15, 0.2) is 0 Å². The second kappa shape index (κ2) is 2.37. The van der Waals surface area contributed by atoms with Gasteiger partial charge >= 0.3 is 0 Å². The predicted molar refractivity (Wildman–Crippen MR) is 31.3 cm³/mol. The summed E-state index contributed by atoms with van der Waals surface area (Å²) < 4.78 is 0. The van der Waals surface area contributed by atoms with Gasteiger partial charge in [0, 0.05) is 0 Å². The van der Waals surface area contributed by atoms with Gasteiger partial charge in [0.15, 0.2) is 0 Å². The summed E-state index contributed by atoms with van der Waals surface area (Å²) in [4.78, 5) is 0. The summed E-state index contributed by atoms with van der Waals surface area (Å²) in [6.45, 7) is 2.22. The van der Waals surface area contributed by atoms with E-state index in [1.807, 2.05) is 0 Å². The summed E-state index contributed by atoms with van der Waals surface area (Å²) in [5.74, 6) is 0.884. The summed E-state index contributed by atoms with van der Waals surface area (Å²) in [5, 5.41) is 0. The first-order valence-corrected chi connectivity index (χ1v) is 2.27. The maximum atomic E-state index is 2.22. The van der Waals surface area contributed by atoms with Gasteiger partial charge in [-0.15, -0.1) is 0 Å².